The van der Waals surface area contributed by atoms with Gasteiger partial charge in [-0.2, -0.15) is 0 Å². The molecular formula is C13H26N+. The minimum atomic E-state index is 0.598. The highest BCUT2D eigenvalue weighted by Gasteiger charge is 2.60. The molecule has 1 aliphatic carbocycles. The van der Waals surface area contributed by atoms with Crippen LogP contribution in [0.3, 0.4) is 0 Å². The first-order valence-corrected chi connectivity index (χ1v) is 6.26. The highest BCUT2D eigenvalue weighted by atomic mass is 15.4. The van der Waals surface area contributed by atoms with Gasteiger partial charge in [0.05, 0.1) is 26.2 Å². The molecule has 82 valence electrons. The average molecular weight is 196 g/mol. The summed E-state index contributed by atoms with van der Waals surface area (Å²) in [6.45, 7) is 12.5. The Morgan fingerprint density at radius 1 is 1.36 bits per heavy atom. The van der Waals surface area contributed by atoms with Crippen molar-refractivity contribution in [2.75, 3.05) is 20.1 Å². The van der Waals surface area contributed by atoms with Crippen molar-refractivity contribution in [1.82, 2.24) is 0 Å². The summed E-state index contributed by atoms with van der Waals surface area (Å²) in [6.07, 6.45) is 2.92. The topological polar surface area (TPSA) is 0 Å². The van der Waals surface area contributed by atoms with Crippen LogP contribution in [0.4, 0.5) is 0 Å². The zero-order valence-electron chi connectivity index (χ0n) is 10.5. The first-order chi connectivity index (χ1) is 6.42. The molecule has 1 heteroatoms. The maximum absolute atomic E-state index is 2.50. The van der Waals surface area contributed by atoms with Gasteiger partial charge in [0, 0.05) is 11.8 Å². The van der Waals surface area contributed by atoms with Crippen LogP contribution in [0.1, 0.15) is 40.5 Å². The van der Waals surface area contributed by atoms with Gasteiger partial charge in [-0.15, -0.1) is 0 Å². The van der Waals surface area contributed by atoms with E-state index in [9.17, 15) is 0 Å². The fraction of sp³-hybridized carbons (Fsp3) is 1.00. The van der Waals surface area contributed by atoms with Gasteiger partial charge in [-0.1, -0.05) is 20.8 Å². The van der Waals surface area contributed by atoms with Gasteiger partial charge in [0.2, 0.25) is 0 Å². The molecule has 0 N–H and O–H groups in total. The number of fused-ring (bicyclic) bond motifs is 3. The van der Waals surface area contributed by atoms with Crippen molar-refractivity contribution in [1.29, 1.82) is 0 Å². The van der Waals surface area contributed by atoms with Crippen molar-refractivity contribution in [2.24, 2.45) is 17.3 Å². The van der Waals surface area contributed by atoms with Crippen LogP contribution >= 0.6 is 0 Å². The Labute approximate surface area is 89.1 Å². The van der Waals surface area contributed by atoms with Crippen LogP contribution in [-0.4, -0.2) is 30.7 Å². The van der Waals surface area contributed by atoms with Gasteiger partial charge < -0.3 is 4.48 Å². The van der Waals surface area contributed by atoms with Gasteiger partial charge in [-0.3, -0.25) is 0 Å². The van der Waals surface area contributed by atoms with Gasteiger partial charge >= 0.3 is 0 Å². The maximum Gasteiger partial charge on any atom is 0.0945 e. The normalized spacial score (nSPS) is 50.8. The molecule has 14 heavy (non-hydrogen) atoms. The van der Waals surface area contributed by atoms with Gasteiger partial charge in [0.15, 0.2) is 0 Å². The molecule has 2 heterocycles. The zero-order chi connectivity index (χ0) is 10.6. The van der Waals surface area contributed by atoms with Crippen molar-refractivity contribution in [2.45, 2.75) is 46.6 Å². The smallest absolute Gasteiger partial charge is 0.0945 e. The Hall–Kier alpha value is -0.0400. The summed E-state index contributed by atoms with van der Waals surface area (Å²) in [7, 11) is 2.47. The summed E-state index contributed by atoms with van der Waals surface area (Å²) in [6, 6.07) is 0.933. The second-order valence-corrected chi connectivity index (χ2v) is 6.46. The first kappa shape index (κ1) is 10.5. The number of quaternary nitrogens is 1. The molecule has 0 aromatic heterocycles. The van der Waals surface area contributed by atoms with Gasteiger partial charge in [-0.05, 0) is 25.2 Å². The lowest BCUT2D eigenvalue weighted by Crippen LogP contribution is -2.65. The van der Waals surface area contributed by atoms with Crippen LogP contribution in [0, 0.1) is 17.3 Å². The average Bonchev–Trinajstić information content (AvgIpc) is 2.30. The van der Waals surface area contributed by atoms with Crippen LogP contribution in [0.2, 0.25) is 0 Å². The van der Waals surface area contributed by atoms with Crippen molar-refractivity contribution in [3.63, 3.8) is 0 Å². The van der Waals surface area contributed by atoms with Gasteiger partial charge in [-0.25, -0.2) is 0 Å². The molecule has 2 bridgehead atoms. The van der Waals surface area contributed by atoms with E-state index in [0.717, 1.165) is 17.9 Å². The molecule has 3 aliphatic rings. The van der Waals surface area contributed by atoms with Gasteiger partial charge in [0.1, 0.15) is 0 Å². The summed E-state index contributed by atoms with van der Waals surface area (Å²) in [5.41, 5.74) is 0.598. The fourth-order valence-corrected chi connectivity index (χ4v) is 4.19. The van der Waals surface area contributed by atoms with E-state index in [0.29, 0.717) is 5.41 Å². The Morgan fingerprint density at radius 2 is 2.00 bits per heavy atom. The summed E-state index contributed by atoms with van der Waals surface area (Å²) < 4.78 is 1.33. The number of hydrogen-bond donors (Lipinski definition) is 0. The summed E-state index contributed by atoms with van der Waals surface area (Å²) in [4.78, 5) is 0. The van der Waals surface area contributed by atoms with Crippen LogP contribution < -0.4 is 0 Å². The molecule has 0 amide bonds. The molecule has 1 saturated carbocycles. The zero-order valence-corrected chi connectivity index (χ0v) is 10.5. The quantitative estimate of drug-likeness (QED) is 0.566. The van der Waals surface area contributed by atoms with E-state index >= 15 is 0 Å². The molecule has 3 rings (SSSR count). The Bertz CT molecular complexity index is 233. The molecule has 1 nitrogen and oxygen atoms in total. The lowest BCUT2D eigenvalue weighted by atomic mass is 9.54. The van der Waals surface area contributed by atoms with E-state index in [4.69, 9.17) is 0 Å². The lowest BCUT2D eigenvalue weighted by Gasteiger charge is -2.57. The van der Waals surface area contributed by atoms with E-state index in [1.807, 2.05) is 0 Å². The number of rotatable bonds is 1. The van der Waals surface area contributed by atoms with Crippen molar-refractivity contribution in [3.05, 3.63) is 0 Å². The number of hydrogen-bond acceptors (Lipinski definition) is 0. The maximum atomic E-state index is 2.50. The van der Waals surface area contributed by atoms with E-state index in [2.05, 4.69) is 34.7 Å². The predicted molar refractivity (Wildman–Crippen MR) is 61.0 cm³/mol. The molecule has 0 spiro atoms. The number of nitrogens with zero attached hydrogens (tertiary/aromatic N) is 1. The first-order valence-electron chi connectivity index (χ1n) is 6.26. The molecule has 2 saturated heterocycles. The minimum absolute atomic E-state index is 0.598. The molecule has 2 aliphatic heterocycles. The van der Waals surface area contributed by atoms with Crippen LogP contribution in [0.15, 0.2) is 0 Å². The van der Waals surface area contributed by atoms with Gasteiger partial charge in [0.25, 0.3) is 0 Å². The molecule has 3 fully saturated rings. The van der Waals surface area contributed by atoms with Crippen molar-refractivity contribution in [3.8, 4) is 0 Å². The largest absolute Gasteiger partial charge is 0.323 e. The standard InChI is InChI=1S/C13H26N/c1-6-14(5)8-7-10(2)11-9-12(14)13(11,3)4/h10-12H,6-9H2,1-5H3/q+1/t10?,11-,12?,14?/m0/s1. The highest BCUT2D eigenvalue weighted by Crippen LogP contribution is 2.57. The molecule has 0 radical (unpaired) electrons. The molecule has 0 aromatic carbocycles. The molecule has 4 atom stereocenters. The monoisotopic (exact) mass is 196 g/mol. The van der Waals surface area contributed by atoms with E-state index in [-0.39, 0.29) is 0 Å². The Kier molecular flexibility index (Phi) is 2.23. The molecule has 3 unspecified atom stereocenters. The summed E-state index contributed by atoms with van der Waals surface area (Å²) in [5, 5.41) is 0. The third-order valence-corrected chi connectivity index (χ3v) is 5.55. The highest BCUT2D eigenvalue weighted by molar-refractivity contribution is 5.01. The lowest BCUT2D eigenvalue weighted by molar-refractivity contribution is -0.944. The van der Waals surface area contributed by atoms with E-state index in [1.165, 1.54) is 30.4 Å². The van der Waals surface area contributed by atoms with Crippen molar-refractivity contribution >= 4 is 0 Å². The molecule has 0 aromatic rings. The Morgan fingerprint density at radius 3 is 2.50 bits per heavy atom. The van der Waals surface area contributed by atoms with Crippen molar-refractivity contribution < 1.29 is 4.48 Å². The second kappa shape index (κ2) is 2.98. The van der Waals surface area contributed by atoms with E-state index in [1.54, 1.807) is 0 Å². The second-order valence-electron chi connectivity index (χ2n) is 6.46. The van der Waals surface area contributed by atoms with Crippen LogP contribution in [-0.2, 0) is 0 Å². The minimum Gasteiger partial charge on any atom is -0.323 e. The summed E-state index contributed by atoms with van der Waals surface area (Å²) >= 11 is 0. The third kappa shape index (κ3) is 1.18. The predicted octanol–water partition coefficient (Wildman–Crippen LogP) is 2.91. The SMILES string of the molecule is CC[N+]1(C)CCC(C)[C@@H]2CC1C2(C)C. The Balaban J connectivity index is 2.28. The summed E-state index contributed by atoms with van der Waals surface area (Å²) in [5.74, 6) is 1.95. The third-order valence-electron chi connectivity index (χ3n) is 5.55. The van der Waals surface area contributed by atoms with Crippen LogP contribution in [0.25, 0.3) is 0 Å². The molecular weight excluding hydrogens is 170 g/mol. The van der Waals surface area contributed by atoms with Crippen LogP contribution in [0.5, 0.6) is 0 Å². The van der Waals surface area contributed by atoms with E-state index < -0.39 is 0 Å². The fourth-order valence-electron chi connectivity index (χ4n) is 4.19.